The topological polar surface area (TPSA) is 76.0 Å². The zero-order valence-corrected chi connectivity index (χ0v) is 10.6. The summed E-state index contributed by atoms with van der Waals surface area (Å²) in [7, 11) is 1.70. The third-order valence-corrected chi connectivity index (χ3v) is 1.97. The Bertz CT molecular complexity index is 459. The van der Waals surface area contributed by atoms with Crippen molar-refractivity contribution in [2.75, 3.05) is 12.4 Å². The highest BCUT2D eigenvalue weighted by Gasteiger charge is 2.14. The summed E-state index contributed by atoms with van der Waals surface area (Å²) in [5.74, 6) is -0.232. The van der Waals surface area contributed by atoms with E-state index >= 15 is 0 Å². The van der Waals surface area contributed by atoms with Crippen LogP contribution < -0.4 is 16.2 Å². The molecule has 0 aromatic carbocycles. The van der Waals surface area contributed by atoms with Crippen LogP contribution in [0.4, 0.5) is 5.69 Å². The van der Waals surface area contributed by atoms with Crippen molar-refractivity contribution < 1.29 is 4.79 Å². The van der Waals surface area contributed by atoms with Crippen molar-refractivity contribution in [2.24, 2.45) is 0 Å². The molecule has 0 saturated carbocycles. The molecule has 1 heterocycles. The van der Waals surface area contributed by atoms with Crippen LogP contribution in [0.15, 0.2) is 17.1 Å². The van der Waals surface area contributed by atoms with E-state index in [1.807, 2.05) is 20.8 Å². The summed E-state index contributed by atoms with van der Waals surface area (Å²) >= 11 is 0. The molecule has 0 atom stereocenters. The number of carbonyl (C=O) groups is 1. The first-order valence-corrected chi connectivity index (χ1v) is 5.38. The number of amides is 1. The minimum Gasteiger partial charge on any atom is -0.387 e. The molecule has 6 heteroatoms. The molecule has 1 aromatic rings. The second kappa shape index (κ2) is 4.99. The fourth-order valence-electron chi connectivity index (χ4n) is 1.28. The number of carbonyl (C=O) groups excluding carboxylic acids is 1. The van der Waals surface area contributed by atoms with Gasteiger partial charge in [0, 0.05) is 18.7 Å². The van der Waals surface area contributed by atoms with Gasteiger partial charge in [-0.15, -0.1) is 0 Å². The van der Waals surface area contributed by atoms with Gasteiger partial charge in [0.15, 0.2) is 0 Å². The van der Waals surface area contributed by atoms with Crippen LogP contribution in [0, 0.1) is 0 Å². The lowest BCUT2D eigenvalue weighted by molar-refractivity contribution is -0.123. The largest absolute Gasteiger partial charge is 0.387 e. The fourth-order valence-corrected chi connectivity index (χ4v) is 1.28. The Morgan fingerprint density at radius 1 is 1.47 bits per heavy atom. The van der Waals surface area contributed by atoms with E-state index in [4.69, 9.17) is 0 Å². The van der Waals surface area contributed by atoms with Crippen molar-refractivity contribution in [3.05, 3.63) is 22.6 Å². The van der Waals surface area contributed by atoms with Crippen LogP contribution >= 0.6 is 0 Å². The van der Waals surface area contributed by atoms with E-state index in [9.17, 15) is 9.59 Å². The molecule has 1 rings (SSSR count). The lowest BCUT2D eigenvalue weighted by atomic mass is 10.1. The number of nitrogens with one attached hydrogen (secondary N) is 2. The van der Waals surface area contributed by atoms with Gasteiger partial charge in [0.25, 0.3) is 5.56 Å². The first kappa shape index (κ1) is 13.2. The summed E-state index contributed by atoms with van der Waals surface area (Å²) in [5, 5.41) is 9.48. The van der Waals surface area contributed by atoms with E-state index in [2.05, 4.69) is 15.7 Å². The lowest BCUT2D eigenvalue weighted by Crippen LogP contribution is -2.43. The Morgan fingerprint density at radius 3 is 2.59 bits per heavy atom. The Hall–Kier alpha value is -1.85. The average Bonchev–Trinajstić information content (AvgIpc) is 2.18. The monoisotopic (exact) mass is 238 g/mol. The smallest absolute Gasteiger partial charge is 0.269 e. The summed E-state index contributed by atoms with van der Waals surface area (Å²) in [6.45, 7) is 5.57. The number of hydrogen-bond acceptors (Lipinski definition) is 4. The van der Waals surface area contributed by atoms with Crippen molar-refractivity contribution in [3.8, 4) is 0 Å². The van der Waals surface area contributed by atoms with Crippen molar-refractivity contribution in [1.82, 2.24) is 15.1 Å². The molecule has 0 aliphatic rings. The SMILES string of the molecule is CNc1cnn(CC(=O)NC(C)(C)C)c(=O)c1. The molecule has 2 N–H and O–H groups in total. The molecule has 6 nitrogen and oxygen atoms in total. The zero-order chi connectivity index (χ0) is 13.1. The van der Waals surface area contributed by atoms with Gasteiger partial charge in [-0.25, -0.2) is 4.68 Å². The van der Waals surface area contributed by atoms with Crippen molar-refractivity contribution in [3.63, 3.8) is 0 Å². The number of anilines is 1. The first-order chi connectivity index (χ1) is 7.81. The second-order valence-electron chi connectivity index (χ2n) is 4.79. The van der Waals surface area contributed by atoms with Crippen molar-refractivity contribution in [1.29, 1.82) is 0 Å². The van der Waals surface area contributed by atoms with Gasteiger partial charge in [0.05, 0.1) is 11.9 Å². The maximum Gasteiger partial charge on any atom is 0.269 e. The summed E-state index contributed by atoms with van der Waals surface area (Å²) < 4.78 is 1.13. The maximum absolute atomic E-state index is 11.6. The molecule has 0 radical (unpaired) electrons. The molecule has 1 aromatic heterocycles. The van der Waals surface area contributed by atoms with Gasteiger partial charge < -0.3 is 10.6 Å². The van der Waals surface area contributed by atoms with Crippen LogP contribution in [0.1, 0.15) is 20.8 Å². The highest BCUT2D eigenvalue weighted by molar-refractivity contribution is 5.76. The van der Waals surface area contributed by atoms with Crippen molar-refractivity contribution >= 4 is 11.6 Å². The molecule has 0 aliphatic carbocycles. The van der Waals surface area contributed by atoms with Gasteiger partial charge in [-0.1, -0.05) is 0 Å². The molecule has 0 saturated heterocycles. The average molecular weight is 238 g/mol. The van der Waals surface area contributed by atoms with Crippen LogP contribution in [0.25, 0.3) is 0 Å². The van der Waals surface area contributed by atoms with E-state index in [0.717, 1.165) is 4.68 Å². The minimum absolute atomic E-state index is 0.0693. The van der Waals surface area contributed by atoms with Gasteiger partial charge in [0.2, 0.25) is 5.91 Å². The molecule has 0 aliphatic heterocycles. The number of hydrogen-bond donors (Lipinski definition) is 2. The molecular weight excluding hydrogens is 220 g/mol. The predicted octanol–water partition coefficient (Wildman–Crippen LogP) is 0.200. The molecule has 1 amide bonds. The minimum atomic E-state index is -0.314. The number of nitrogens with zero attached hydrogens (tertiary/aromatic N) is 2. The molecule has 94 valence electrons. The Morgan fingerprint density at radius 2 is 2.12 bits per heavy atom. The van der Waals surface area contributed by atoms with Crippen LogP contribution in [-0.2, 0) is 11.3 Å². The van der Waals surface area contributed by atoms with E-state index < -0.39 is 0 Å². The summed E-state index contributed by atoms with van der Waals surface area (Å²) in [6.07, 6.45) is 1.51. The second-order valence-corrected chi connectivity index (χ2v) is 4.79. The lowest BCUT2D eigenvalue weighted by Gasteiger charge is -2.20. The van der Waals surface area contributed by atoms with Gasteiger partial charge in [0.1, 0.15) is 6.54 Å². The van der Waals surface area contributed by atoms with E-state index in [1.165, 1.54) is 12.3 Å². The highest BCUT2D eigenvalue weighted by Crippen LogP contribution is 1.99. The van der Waals surface area contributed by atoms with E-state index in [-0.39, 0.29) is 23.6 Å². The molecule has 0 bridgehead atoms. The quantitative estimate of drug-likeness (QED) is 0.788. The summed E-state index contributed by atoms with van der Waals surface area (Å²) in [4.78, 5) is 23.2. The normalized spacial score (nSPS) is 11.1. The molecule has 0 fully saturated rings. The molecule has 0 unspecified atom stereocenters. The standard InChI is InChI=1S/C11H18N4O2/c1-11(2,3)14-9(16)7-15-10(17)5-8(12-4)6-13-15/h5-6,12H,7H2,1-4H3,(H,14,16). The predicted molar refractivity (Wildman–Crippen MR) is 65.9 cm³/mol. The van der Waals surface area contributed by atoms with Crippen LogP contribution in [-0.4, -0.2) is 28.3 Å². The Balaban J connectivity index is 2.76. The van der Waals surface area contributed by atoms with Gasteiger partial charge in [-0.2, -0.15) is 5.10 Å². The zero-order valence-electron chi connectivity index (χ0n) is 10.6. The van der Waals surface area contributed by atoms with Crippen LogP contribution in [0.3, 0.4) is 0 Å². The maximum atomic E-state index is 11.6. The first-order valence-electron chi connectivity index (χ1n) is 5.38. The molecular formula is C11H18N4O2. The Kier molecular flexibility index (Phi) is 3.88. The van der Waals surface area contributed by atoms with Gasteiger partial charge >= 0.3 is 0 Å². The summed E-state index contributed by atoms with van der Waals surface area (Å²) in [5.41, 5.74) is 0.00870. The highest BCUT2D eigenvalue weighted by atomic mass is 16.2. The van der Waals surface area contributed by atoms with Crippen LogP contribution in [0.5, 0.6) is 0 Å². The van der Waals surface area contributed by atoms with E-state index in [1.54, 1.807) is 7.05 Å². The Labute approximate surface area is 100 Å². The van der Waals surface area contributed by atoms with Gasteiger partial charge in [-0.05, 0) is 20.8 Å². The summed E-state index contributed by atoms with van der Waals surface area (Å²) in [6, 6.07) is 1.40. The van der Waals surface area contributed by atoms with Crippen molar-refractivity contribution in [2.45, 2.75) is 32.9 Å². The number of rotatable bonds is 3. The third-order valence-electron chi connectivity index (χ3n) is 1.97. The van der Waals surface area contributed by atoms with Crippen LogP contribution in [0.2, 0.25) is 0 Å². The molecule has 17 heavy (non-hydrogen) atoms. The third kappa shape index (κ3) is 4.26. The number of aromatic nitrogens is 2. The van der Waals surface area contributed by atoms with E-state index in [0.29, 0.717) is 5.69 Å². The fraction of sp³-hybridized carbons (Fsp3) is 0.545. The van der Waals surface area contributed by atoms with Gasteiger partial charge in [-0.3, -0.25) is 9.59 Å². The molecule has 0 spiro atoms.